The molecule has 1 aliphatic heterocycles. The number of ether oxygens (including phenoxy) is 2. The predicted octanol–water partition coefficient (Wildman–Crippen LogP) is 3.80. The van der Waals surface area contributed by atoms with Gasteiger partial charge in [0.25, 0.3) is 0 Å². The van der Waals surface area contributed by atoms with Crippen LogP contribution in [-0.2, 0) is 15.1 Å². The van der Waals surface area contributed by atoms with Crippen LogP contribution in [0.1, 0.15) is 27.7 Å². The summed E-state index contributed by atoms with van der Waals surface area (Å²) < 4.78 is 12.8. The van der Waals surface area contributed by atoms with E-state index in [0.29, 0.717) is 10.6 Å². The van der Waals surface area contributed by atoms with Crippen molar-refractivity contribution in [2.45, 2.75) is 11.8 Å². The van der Waals surface area contributed by atoms with E-state index in [-0.39, 0.29) is 12.2 Å². The number of halogens is 1. The first-order valence-electron chi connectivity index (χ1n) is 7.75. The Kier molecular flexibility index (Phi) is 3.82. The zero-order chi connectivity index (χ0) is 17.4. The number of methoxy groups -OCH3 is 1. The van der Waals surface area contributed by atoms with Crippen LogP contribution >= 0.6 is 11.6 Å². The third kappa shape index (κ3) is 2.62. The second-order valence-electron chi connectivity index (χ2n) is 5.79. The van der Waals surface area contributed by atoms with Crippen LogP contribution in [0.25, 0.3) is 0 Å². The highest BCUT2D eigenvalue weighted by Crippen LogP contribution is 2.58. The van der Waals surface area contributed by atoms with Crippen LogP contribution in [0, 0.1) is 0 Å². The molecule has 1 aromatic heterocycles. The SMILES string of the molecule is COC(=O)c1ccc(C2(c3ccc(Cl)cc3)OC2n2ccnc2)cc1. The Morgan fingerprint density at radius 1 is 1.16 bits per heavy atom. The third-order valence-corrected chi connectivity index (χ3v) is 4.64. The van der Waals surface area contributed by atoms with Crippen molar-refractivity contribution in [1.82, 2.24) is 9.55 Å². The molecule has 126 valence electrons. The van der Waals surface area contributed by atoms with Crippen LogP contribution in [-0.4, -0.2) is 22.6 Å². The van der Waals surface area contributed by atoms with E-state index < -0.39 is 5.60 Å². The number of aromatic nitrogens is 2. The Hall–Kier alpha value is -2.63. The van der Waals surface area contributed by atoms with Crippen molar-refractivity contribution in [3.05, 3.63) is 89.0 Å². The molecule has 0 saturated carbocycles. The molecule has 4 rings (SSSR count). The van der Waals surface area contributed by atoms with Gasteiger partial charge in [-0.25, -0.2) is 9.78 Å². The molecule has 3 aromatic rings. The van der Waals surface area contributed by atoms with Crippen molar-refractivity contribution >= 4 is 17.6 Å². The lowest BCUT2D eigenvalue weighted by Crippen LogP contribution is -2.15. The van der Waals surface area contributed by atoms with Gasteiger partial charge in [-0.1, -0.05) is 35.9 Å². The van der Waals surface area contributed by atoms with E-state index in [1.165, 1.54) is 7.11 Å². The molecule has 2 atom stereocenters. The summed E-state index contributed by atoms with van der Waals surface area (Å²) in [7, 11) is 1.37. The van der Waals surface area contributed by atoms with Gasteiger partial charge >= 0.3 is 5.97 Å². The quantitative estimate of drug-likeness (QED) is 0.528. The number of hydrogen-bond acceptors (Lipinski definition) is 4. The fourth-order valence-electron chi connectivity index (χ4n) is 3.08. The molecule has 1 saturated heterocycles. The number of hydrogen-bond donors (Lipinski definition) is 0. The number of esters is 1. The fraction of sp³-hybridized carbons (Fsp3) is 0.158. The second-order valence-corrected chi connectivity index (χ2v) is 6.23. The fourth-order valence-corrected chi connectivity index (χ4v) is 3.20. The molecule has 0 aliphatic carbocycles. The molecule has 5 nitrogen and oxygen atoms in total. The van der Waals surface area contributed by atoms with Crippen LogP contribution in [0.2, 0.25) is 5.02 Å². The van der Waals surface area contributed by atoms with Gasteiger partial charge in [0, 0.05) is 17.4 Å². The highest BCUT2D eigenvalue weighted by atomic mass is 35.5. The van der Waals surface area contributed by atoms with Crippen molar-refractivity contribution < 1.29 is 14.3 Å². The lowest BCUT2D eigenvalue weighted by atomic mass is 9.89. The first-order chi connectivity index (χ1) is 12.1. The van der Waals surface area contributed by atoms with E-state index >= 15 is 0 Å². The smallest absolute Gasteiger partial charge is 0.337 e. The first-order valence-corrected chi connectivity index (χ1v) is 8.13. The van der Waals surface area contributed by atoms with E-state index in [9.17, 15) is 4.79 Å². The highest BCUT2D eigenvalue weighted by Gasteiger charge is 2.60. The van der Waals surface area contributed by atoms with Crippen molar-refractivity contribution in [3.63, 3.8) is 0 Å². The zero-order valence-electron chi connectivity index (χ0n) is 13.4. The van der Waals surface area contributed by atoms with E-state index in [1.54, 1.807) is 24.7 Å². The molecule has 2 unspecified atom stereocenters. The van der Waals surface area contributed by atoms with Gasteiger partial charge < -0.3 is 14.0 Å². The lowest BCUT2D eigenvalue weighted by molar-refractivity contribution is 0.0600. The summed E-state index contributed by atoms with van der Waals surface area (Å²) in [6, 6.07) is 14.8. The number of benzene rings is 2. The lowest BCUT2D eigenvalue weighted by Gasteiger charge is -2.15. The monoisotopic (exact) mass is 354 g/mol. The Bertz CT molecular complexity index is 891. The maximum absolute atomic E-state index is 11.7. The topological polar surface area (TPSA) is 56.6 Å². The molecule has 6 heteroatoms. The average Bonchev–Trinajstić information content (AvgIpc) is 3.17. The molecule has 2 heterocycles. The minimum atomic E-state index is -0.639. The Morgan fingerprint density at radius 3 is 2.36 bits per heavy atom. The molecule has 0 N–H and O–H groups in total. The van der Waals surface area contributed by atoms with Gasteiger partial charge in [0.1, 0.15) is 0 Å². The largest absolute Gasteiger partial charge is 0.465 e. The number of carbonyl (C=O) groups excluding carboxylic acids is 1. The Balaban J connectivity index is 1.77. The van der Waals surface area contributed by atoms with Crippen LogP contribution in [0.5, 0.6) is 0 Å². The molecule has 2 aromatic carbocycles. The normalized spacial score (nSPS) is 21.8. The summed E-state index contributed by atoms with van der Waals surface area (Å²) in [6.45, 7) is 0. The second kappa shape index (κ2) is 6.02. The summed E-state index contributed by atoms with van der Waals surface area (Å²) in [5.74, 6) is -0.366. The van der Waals surface area contributed by atoms with E-state index in [0.717, 1.165) is 11.1 Å². The summed E-state index contributed by atoms with van der Waals surface area (Å²) in [5.41, 5.74) is 1.79. The minimum Gasteiger partial charge on any atom is -0.465 e. The van der Waals surface area contributed by atoms with Gasteiger partial charge in [0.2, 0.25) is 0 Å². The molecular formula is C19H15ClN2O3. The maximum atomic E-state index is 11.7. The highest BCUT2D eigenvalue weighted by molar-refractivity contribution is 6.30. The number of rotatable bonds is 4. The zero-order valence-corrected chi connectivity index (χ0v) is 14.2. The van der Waals surface area contributed by atoms with Crippen molar-refractivity contribution in [3.8, 4) is 0 Å². The van der Waals surface area contributed by atoms with Gasteiger partial charge in [0.15, 0.2) is 11.8 Å². The Morgan fingerprint density at radius 2 is 1.80 bits per heavy atom. The first kappa shape index (κ1) is 15.9. The van der Waals surface area contributed by atoms with Gasteiger partial charge in [-0.3, -0.25) is 0 Å². The molecule has 0 bridgehead atoms. The molecule has 0 spiro atoms. The average molecular weight is 355 g/mol. The van der Waals surface area contributed by atoms with Crippen molar-refractivity contribution in [2.24, 2.45) is 0 Å². The molecule has 0 amide bonds. The summed E-state index contributed by atoms with van der Waals surface area (Å²) in [4.78, 5) is 15.8. The van der Waals surface area contributed by atoms with Crippen LogP contribution in [0.15, 0.2) is 67.3 Å². The van der Waals surface area contributed by atoms with E-state index in [4.69, 9.17) is 21.1 Å². The van der Waals surface area contributed by atoms with E-state index in [2.05, 4.69) is 4.98 Å². The van der Waals surface area contributed by atoms with Gasteiger partial charge in [-0.2, -0.15) is 0 Å². The summed E-state index contributed by atoms with van der Waals surface area (Å²) in [5, 5.41) is 0.666. The molecule has 25 heavy (non-hydrogen) atoms. The molecule has 0 radical (unpaired) electrons. The predicted molar refractivity (Wildman–Crippen MR) is 92.4 cm³/mol. The maximum Gasteiger partial charge on any atom is 0.337 e. The van der Waals surface area contributed by atoms with Gasteiger partial charge in [-0.05, 0) is 35.4 Å². The summed E-state index contributed by atoms with van der Waals surface area (Å²) in [6.07, 6.45) is 5.10. The van der Waals surface area contributed by atoms with Crippen LogP contribution in [0.3, 0.4) is 0 Å². The standard InChI is InChI=1S/C19H15ClN2O3/c1-24-17(23)13-2-4-14(5-3-13)19(15-6-8-16(20)9-7-15)18(25-19)22-11-10-21-12-22/h2-12,18H,1H3. The molecule has 1 fully saturated rings. The molecule has 1 aliphatic rings. The van der Waals surface area contributed by atoms with Gasteiger partial charge in [-0.15, -0.1) is 0 Å². The van der Waals surface area contributed by atoms with E-state index in [1.807, 2.05) is 47.2 Å². The third-order valence-electron chi connectivity index (χ3n) is 4.39. The van der Waals surface area contributed by atoms with Crippen LogP contribution < -0.4 is 0 Å². The summed E-state index contributed by atoms with van der Waals surface area (Å²) >= 11 is 6.03. The number of carbonyl (C=O) groups is 1. The van der Waals surface area contributed by atoms with Crippen molar-refractivity contribution in [2.75, 3.05) is 7.11 Å². The van der Waals surface area contributed by atoms with Crippen LogP contribution in [0.4, 0.5) is 0 Å². The Labute approximate surface area is 149 Å². The van der Waals surface area contributed by atoms with Gasteiger partial charge in [0.05, 0.1) is 19.0 Å². The number of nitrogens with zero attached hydrogens (tertiary/aromatic N) is 2. The molecular weight excluding hydrogens is 340 g/mol. The number of imidazole rings is 1. The number of epoxide rings is 1. The minimum absolute atomic E-state index is 0.208. The van der Waals surface area contributed by atoms with Crippen molar-refractivity contribution in [1.29, 1.82) is 0 Å².